The molecule has 1 aromatic rings. The Morgan fingerprint density at radius 1 is 1.35 bits per heavy atom. The standard InChI is InChI=1S/C10H10ClF4NO/c11-6-3-1-2-5(9(6)12)7(17)4-8(16)10(13,14)15/h1-3,7-8,17H,4,16H2/t7-,8+/m0/s1. The van der Waals surface area contributed by atoms with Crippen LogP contribution in [-0.4, -0.2) is 17.3 Å². The van der Waals surface area contributed by atoms with Crippen LogP contribution in [0.25, 0.3) is 0 Å². The first kappa shape index (κ1) is 14.2. The minimum atomic E-state index is -4.63. The fourth-order valence-electron chi connectivity index (χ4n) is 1.28. The number of rotatable bonds is 3. The summed E-state index contributed by atoms with van der Waals surface area (Å²) in [5, 5.41) is 9.22. The van der Waals surface area contributed by atoms with Gasteiger partial charge in [0, 0.05) is 12.0 Å². The maximum atomic E-state index is 13.4. The smallest absolute Gasteiger partial charge is 0.388 e. The van der Waals surface area contributed by atoms with Crippen molar-refractivity contribution in [2.45, 2.75) is 24.7 Å². The van der Waals surface area contributed by atoms with Crippen LogP contribution in [0.4, 0.5) is 17.6 Å². The van der Waals surface area contributed by atoms with Crippen molar-refractivity contribution in [1.29, 1.82) is 0 Å². The maximum absolute atomic E-state index is 13.4. The zero-order chi connectivity index (χ0) is 13.2. The largest absolute Gasteiger partial charge is 0.403 e. The summed E-state index contributed by atoms with van der Waals surface area (Å²) in [5.41, 5.74) is 4.54. The summed E-state index contributed by atoms with van der Waals surface area (Å²) in [6, 6.07) is 1.52. The zero-order valence-electron chi connectivity index (χ0n) is 8.51. The first-order valence-corrected chi connectivity index (χ1v) is 5.05. The van der Waals surface area contributed by atoms with Crippen molar-refractivity contribution < 1.29 is 22.7 Å². The average molecular weight is 272 g/mol. The molecule has 0 aromatic heterocycles. The van der Waals surface area contributed by atoms with Crippen LogP contribution in [0.3, 0.4) is 0 Å². The molecule has 3 N–H and O–H groups in total. The highest BCUT2D eigenvalue weighted by Gasteiger charge is 2.38. The van der Waals surface area contributed by atoms with E-state index in [0.717, 1.165) is 6.07 Å². The Morgan fingerprint density at radius 3 is 2.47 bits per heavy atom. The lowest BCUT2D eigenvalue weighted by Gasteiger charge is -2.19. The molecule has 0 fully saturated rings. The summed E-state index contributed by atoms with van der Waals surface area (Å²) >= 11 is 5.44. The van der Waals surface area contributed by atoms with E-state index in [0.29, 0.717) is 0 Å². The molecule has 0 unspecified atom stereocenters. The highest BCUT2D eigenvalue weighted by Crippen LogP contribution is 2.29. The molecule has 0 aliphatic heterocycles. The molecule has 0 saturated carbocycles. The Kier molecular flexibility index (Phi) is 4.35. The van der Waals surface area contributed by atoms with E-state index in [4.69, 9.17) is 17.3 Å². The van der Waals surface area contributed by atoms with Crippen LogP contribution in [0.5, 0.6) is 0 Å². The van der Waals surface area contributed by atoms with Crippen molar-refractivity contribution >= 4 is 11.6 Å². The van der Waals surface area contributed by atoms with E-state index in [-0.39, 0.29) is 10.6 Å². The lowest BCUT2D eigenvalue weighted by Crippen LogP contribution is -2.38. The zero-order valence-corrected chi connectivity index (χ0v) is 9.26. The normalized spacial score (nSPS) is 15.7. The molecule has 7 heteroatoms. The summed E-state index contributed by atoms with van der Waals surface area (Å²) in [4.78, 5) is 0. The molecule has 96 valence electrons. The minimum Gasteiger partial charge on any atom is -0.388 e. The molecule has 0 aliphatic carbocycles. The molecular formula is C10H10ClF4NO. The van der Waals surface area contributed by atoms with Crippen LogP contribution in [-0.2, 0) is 0 Å². The Bertz CT molecular complexity index is 396. The van der Waals surface area contributed by atoms with Gasteiger partial charge in [-0.25, -0.2) is 4.39 Å². The number of aliphatic hydroxyl groups excluding tert-OH is 1. The van der Waals surface area contributed by atoms with E-state index in [1.165, 1.54) is 12.1 Å². The SMILES string of the molecule is N[C@H](C[C@H](O)c1cccc(Cl)c1F)C(F)(F)F. The molecule has 1 rings (SSSR count). The highest BCUT2D eigenvalue weighted by molar-refractivity contribution is 6.30. The van der Waals surface area contributed by atoms with Gasteiger partial charge in [-0.1, -0.05) is 23.7 Å². The second kappa shape index (κ2) is 5.20. The van der Waals surface area contributed by atoms with Gasteiger partial charge >= 0.3 is 6.18 Å². The first-order valence-electron chi connectivity index (χ1n) is 4.67. The second-order valence-electron chi connectivity index (χ2n) is 3.54. The Morgan fingerprint density at radius 2 is 1.94 bits per heavy atom. The van der Waals surface area contributed by atoms with E-state index < -0.39 is 30.6 Å². The lowest BCUT2D eigenvalue weighted by molar-refractivity contribution is -0.154. The summed E-state index contributed by atoms with van der Waals surface area (Å²) in [6.45, 7) is 0. The molecule has 17 heavy (non-hydrogen) atoms. The first-order chi connectivity index (χ1) is 7.73. The van der Waals surface area contributed by atoms with Gasteiger partial charge in [-0.2, -0.15) is 13.2 Å². The number of hydrogen-bond acceptors (Lipinski definition) is 2. The van der Waals surface area contributed by atoms with Crippen LogP contribution in [0.2, 0.25) is 5.02 Å². The second-order valence-corrected chi connectivity index (χ2v) is 3.95. The minimum absolute atomic E-state index is 0.262. The summed E-state index contributed by atoms with van der Waals surface area (Å²) in [5.74, 6) is -0.934. The molecule has 0 spiro atoms. The molecular weight excluding hydrogens is 262 g/mol. The number of benzene rings is 1. The third-order valence-corrected chi connectivity index (χ3v) is 2.53. The number of nitrogens with two attached hydrogens (primary N) is 1. The molecule has 0 amide bonds. The summed E-state index contributed by atoms with van der Waals surface area (Å²) in [6.07, 6.45) is -7.10. The Hall–Kier alpha value is -0.850. The van der Waals surface area contributed by atoms with Crippen molar-refractivity contribution in [2.75, 3.05) is 0 Å². The number of aliphatic hydroxyl groups is 1. The van der Waals surface area contributed by atoms with Crippen molar-refractivity contribution in [1.82, 2.24) is 0 Å². The van der Waals surface area contributed by atoms with Crippen LogP contribution in [0.15, 0.2) is 18.2 Å². The van der Waals surface area contributed by atoms with Crippen LogP contribution < -0.4 is 5.73 Å². The molecule has 0 saturated heterocycles. The van der Waals surface area contributed by atoms with E-state index in [2.05, 4.69) is 0 Å². The predicted molar refractivity (Wildman–Crippen MR) is 55.0 cm³/mol. The van der Waals surface area contributed by atoms with Gasteiger partial charge in [0.1, 0.15) is 11.9 Å². The maximum Gasteiger partial charge on any atom is 0.403 e. The molecule has 1 aromatic carbocycles. The van der Waals surface area contributed by atoms with Gasteiger partial charge in [0.2, 0.25) is 0 Å². The van der Waals surface area contributed by atoms with E-state index in [1.54, 1.807) is 0 Å². The van der Waals surface area contributed by atoms with Crippen molar-refractivity contribution in [3.05, 3.63) is 34.6 Å². The fraction of sp³-hybridized carbons (Fsp3) is 0.400. The lowest BCUT2D eigenvalue weighted by atomic mass is 10.0. The van der Waals surface area contributed by atoms with Crippen LogP contribution in [0, 0.1) is 5.82 Å². The molecule has 0 heterocycles. The van der Waals surface area contributed by atoms with Gasteiger partial charge in [0.25, 0.3) is 0 Å². The number of alkyl halides is 3. The molecule has 0 bridgehead atoms. The number of hydrogen-bond donors (Lipinski definition) is 2. The van der Waals surface area contributed by atoms with Gasteiger partial charge in [0.15, 0.2) is 0 Å². The molecule has 0 aliphatic rings. The Balaban J connectivity index is 2.84. The van der Waals surface area contributed by atoms with Crippen LogP contribution in [0.1, 0.15) is 18.1 Å². The summed E-state index contributed by atoms with van der Waals surface area (Å²) < 4.78 is 49.8. The molecule has 0 radical (unpaired) electrons. The van der Waals surface area contributed by atoms with Crippen molar-refractivity contribution in [2.24, 2.45) is 5.73 Å². The average Bonchev–Trinajstić information content (AvgIpc) is 2.20. The van der Waals surface area contributed by atoms with Gasteiger partial charge < -0.3 is 10.8 Å². The number of halogens is 5. The fourth-order valence-corrected chi connectivity index (χ4v) is 1.46. The van der Waals surface area contributed by atoms with Crippen LogP contribution >= 0.6 is 11.6 Å². The predicted octanol–water partition coefficient (Wildman–Crippen LogP) is 2.79. The Labute approximate surface area is 100.0 Å². The topological polar surface area (TPSA) is 46.2 Å². The van der Waals surface area contributed by atoms with Gasteiger partial charge in [-0.3, -0.25) is 0 Å². The van der Waals surface area contributed by atoms with Crippen molar-refractivity contribution in [3.8, 4) is 0 Å². The molecule has 2 nitrogen and oxygen atoms in total. The van der Waals surface area contributed by atoms with Gasteiger partial charge in [0.05, 0.1) is 11.1 Å². The monoisotopic (exact) mass is 271 g/mol. The third-order valence-electron chi connectivity index (χ3n) is 2.24. The highest BCUT2D eigenvalue weighted by atomic mass is 35.5. The third kappa shape index (κ3) is 3.55. The van der Waals surface area contributed by atoms with E-state index in [9.17, 15) is 22.7 Å². The summed E-state index contributed by atoms with van der Waals surface area (Å²) in [7, 11) is 0. The molecule has 2 atom stereocenters. The quantitative estimate of drug-likeness (QED) is 0.831. The van der Waals surface area contributed by atoms with Gasteiger partial charge in [-0.05, 0) is 6.07 Å². The van der Waals surface area contributed by atoms with Gasteiger partial charge in [-0.15, -0.1) is 0 Å². The van der Waals surface area contributed by atoms with E-state index in [1.807, 2.05) is 0 Å². The van der Waals surface area contributed by atoms with E-state index >= 15 is 0 Å². The van der Waals surface area contributed by atoms with Crippen molar-refractivity contribution in [3.63, 3.8) is 0 Å².